The van der Waals surface area contributed by atoms with Gasteiger partial charge in [0, 0.05) is 34.8 Å². The quantitative estimate of drug-likeness (QED) is 0.382. The van der Waals surface area contributed by atoms with Gasteiger partial charge in [0.1, 0.15) is 17.1 Å². The van der Waals surface area contributed by atoms with E-state index in [0.29, 0.717) is 22.8 Å². The Hall–Kier alpha value is -4.48. The Morgan fingerprint density at radius 1 is 1.15 bits per heavy atom. The van der Waals surface area contributed by atoms with Gasteiger partial charge in [-0.05, 0) is 37.3 Å². The number of aryl methyl sites for hydroxylation is 1. The second kappa shape index (κ2) is 8.94. The molecule has 33 heavy (non-hydrogen) atoms. The number of halogens is 2. The zero-order valence-electron chi connectivity index (χ0n) is 17.3. The van der Waals surface area contributed by atoms with Crippen molar-refractivity contribution in [1.82, 2.24) is 14.7 Å². The first-order valence-corrected chi connectivity index (χ1v) is 9.49. The number of fused-ring (bicyclic) bond motifs is 1. The summed E-state index contributed by atoms with van der Waals surface area (Å²) in [6, 6.07) is 8.78. The van der Waals surface area contributed by atoms with Gasteiger partial charge in [-0.25, -0.2) is 18.6 Å². The molecule has 2 heterocycles. The number of anilines is 4. The number of rotatable bonds is 8. The molecule has 0 amide bonds. The standard InChI is InChI=1S/C21H17F2N5O5/c1-11-9-24-20(26-14-5-12(18(22)23)6-15(7-14)31-2)27-19(11)25-13-3-4-17-16(8-13)28(32-10-29)21(30)33-17/h3-10,18H,1-2H3,(H2,24,25,26,27). The van der Waals surface area contributed by atoms with Gasteiger partial charge in [0.2, 0.25) is 5.95 Å². The highest BCUT2D eigenvalue weighted by atomic mass is 19.3. The van der Waals surface area contributed by atoms with Crippen molar-refractivity contribution in [3.63, 3.8) is 0 Å². The molecular weight excluding hydrogens is 440 g/mol. The van der Waals surface area contributed by atoms with Gasteiger partial charge in [-0.1, -0.05) is 4.73 Å². The highest BCUT2D eigenvalue weighted by molar-refractivity contribution is 5.79. The van der Waals surface area contributed by atoms with E-state index in [1.54, 1.807) is 25.3 Å². The van der Waals surface area contributed by atoms with E-state index in [0.717, 1.165) is 4.73 Å². The molecule has 0 bridgehead atoms. The lowest BCUT2D eigenvalue weighted by atomic mass is 10.2. The Morgan fingerprint density at radius 3 is 2.70 bits per heavy atom. The number of carbonyl (C=O) groups excluding carboxylic acids is 1. The summed E-state index contributed by atoms with van der Waals surface area (Å²) in [4.78, 5) is 35.7. The van der Waals surface area contributed by atoms with Crippen LogP contribution in [0.2, 0.25) is 0 Å². The minimum atomic E-state index is -2.67. The number of carbonyl (C=O) groups is 1. The summed E-state index contributed by atoms with van der Waals surface area (Å²) < 4.78 is 37.1. The largest absolute Gasteiger partial charge is 0.497 e. The van der Waals surface area contributed by atoms with E-state index < -0.39 is 12.2 Å². The van der Waals surface area contributed by atoms with Crippen LogP contribution in [0.25, 0.3) is 11.1 Å². The maximum absolute atomic E-state index is 13.2. The average Bonchev–Trinajstić information content (AvgIpc) is 3.10. The van der Waals surface area contributed by atoms with Crippen molar-refractivity contribution in [2.75, 3.05) is 17.7 Å². The number of nitrogens with one attached hydrogen (secondary N) is 2. The van der Waals surface area contributed by atoms with Crippen molar-refractivity contribution in [3.05, 3.63) is 64.3 Å². The number of hydrogen-bond acceptors (Lipinski definition) is 9. The second-order valence-electron chi connectivity index (χ2n) is 6.82. The molecule has 2 N–H and O–H groups in total. The van der Waals surface area contributed by atoms with Crippen molar-refractivity contribution in [2.24, 2.45) is 0 Å². The number of oxazole rings is 1. The Labute approximate surface area is 184 Å². The molecule has 0 unspecified atom stereocenters. The minimum Gasteiger partial charge on any atom is -0.497 e. The van der Waals surface area contributed by atoms with E-state index in [2.05, 4.69) is 25.4 Å². The number of hydrogen-bond donors (Lipinski definition) is 2. The molecular formula is C21H17F2N5O5. The highest BCUT2D eigenvalue weighted by Gasteiger charge is 2.14. The van der Waals surface area contributed by atoms with Gasteiger partial charge in [-0.15, -0.1) is 0 Å². The molecule has 0 atom stereocenters. The molecule has 0 aliphatic rings. The molecule has 10 nitrogen and oxygen atoms in total. The van der Waals surface area contributed by atoms with Gasteiger partial charge in [0.05, 0.1) is 7.11 Å². The van der Waals surface area contributed by atoms with Crippen molar-refractivity contribution in [1.29, 1.82) is 0 Å². The number of nitrogens with zero attached hydrogens (tertiary/aromatic N) is 3. The van der Waals surface area contributed by atoms with Gasteiger partial charge in [-0.3, -0.25) is 4.79 Å². The summed E-state index contributed by atoms with van der Waals surface area (Å²) in [6.07, 6.45) is -1.12. The van der Waals surface area contributed by atoms with Crippen LogP contribution in [0.4, 0.5) is 31.9 Å². The maximum atomic E-state index is 13.2. The minimum absolute atomic E-state index is 0.112. The molecule has 4 rings (SSSR count). The monoisotopic (exact) mass is 457 g/mol. The van der Waals surface area contributed by atoms with Crippen LogP contribution in [-0.2, 0) is 4.79 Å². The molecule has 12 heteroatoms. The summed E-state index contributed by atoms with van der Waals surface area (Å²) in [5.74, 6) is -0.0159. The van der Waals surface area contributed by atoms with E-state index in [1.807, 2.05) is 0 Å². The molecule has 2 aromatic carbocycles. The number of benzene rings is 2. The third-order valence-corrected chi connectivity index (χ3v) is 4.60. The van der Waals surface area contributed by atoms with Crippen LogP contribution in [0.3, 0.4) is 0 Å². The van der Waals surface area contributed by atoms with E-state index in [1.165, 1.54) is 31.4 Å². The molecule has 0 saturated heterocycles. The smallest absolute Gasteiger partial charge is 0.453 e. The molecule has 0 radical (unpaired) electrons. The van der Waals surface area contributed by atoms with Gasteiger partial charge >= 0.3 is 12.2 Å². The third-order valence-electron chi connectivity index (χ3n) is 4.60. The van der Waals surface area contributed by atoms with Crippen LogP contribution in [-0.4, -0.2) is 28.3 Å². The van der Waals surface area contributed by atoms with Gasteiger partial charge < -0.3 is 24.6 Å². The van der Waals surface area contributed by atoms with Crippen LogP contribution in [0.15, 0.2) is 51.8 Å². The maximum Gasteiger partial charge on any atom is 0.453 e. The SMILES string of the molecule is COc1cc(Nc2ncc(C)c(Nc3ccc4oc(=O)n(OC=O)c4c3)n2)cc(C(F)F)c1. The summed E-state index contributed by atoms with van der Waals surface area (Å²) in [6.45, 7) is 1.88. The normalized spacial score (nSPS) is 10.9. The number of aromatic nitrogens is 3. The lowest BCUT2D eigenvalue weighted by Crippen LogP contribution is -2.21. The fourth-order valence-electron chi connectivity index (χ4n) is 3.05. The number of alkyl halides is 2. The average molecular weight is 457 g/mol. The van der Waals surface area contributed by atoms with Crippen molar-refractivity contribution in [3.8, 4) is 5.75 Å². The van der Waals surface area contributed by atoms with E-state index in [4.69, 9.17) is 9.15 Å². The summed E-state index contributed by atoms with van der Waals surface area (Å²) in [5, 5.41) is 5.98. The molecule has 0 spiro atoms. The predicted molar refractivity (Wildman–Crippen MR) is 114 cm³/mol. The lowest BCUT2D eigenvalue weighted by Gasteiger charge is -2.13. The zero-order valence-corrected chi connectivity index (χ0v) is 17.3. The van der Waals surface area contributed by atoms with Crippen LogP contribution in [0.1, 0.15) is 17.6 Å². The third kappa shape index (κ3) is 4.59. The van der Waals surface area contributed by atoms with E-state index in [-0.39, 0.29) is 34.8 Å². The molecule has 0 fully saturated rings. The highest BCUT2D eigenvalue weighted by Crippen LogP contribution is 2.29. The molecule has 4 aromatic rings. The van der Waals surface area contributed by atoms with Gasteiger partial charge in [0.25, 0.3) is 6.43 Å². The van der Waals surface area contributed by atoms with Crippen molar-refractivity contribution < 1.29 is 27.6 Å². The zero-order chi connectivity index (χ0) is 23.5. The first-order valence-electron chi connectivity index (χ1n) is 9.49. The van der Waals surface area contributed by atoms with Crippen molar-refractivity contribution >= 4 is 40.7 Å². The Balaban J connectivity index is 1.63. The Kier molecular flexibility index (Phi) is 5.89. The molecule has 0 aliphatic carbocycles. The number of methoxy groups -OCH3 is 1. The number of ether oxygens (including phenoxy) is 1. The summed E-state index contributed by atoms with van der Waals surface area (Å²) >= 11 is 0. The Bertz CT molecular complexity index is 1390. The van der Waals surface area contributed by atoms with Crippen LogP contribution in [0, 0.1) is 6.92 Å². The summed E-state index contributed by atoms with van der Waals surface area (Å²) in [5.41, 5.74) is 1.78. The summed E-state index contributed by atoms with van der Waals surface area (Å²) in [7, 11) is 1.38. The lowest BCUT2D eigenvalue weighted by molar-refractivity contribution is -0.129. The fourth-order valence-corrected chi connectivity index (χ4v) is 3.05. The van der Waals surface area contributed by atoms with Crippen LogP contribution in [0.5, 0.6) is 5.75 Å². The molecule has 0 saturated carbocycles. The Morgan fingerprint density at radius 2 is 1.97 bits per heavy atom. The topological polar surface area (TPSA) is 121 Å². The first-order chi connectivity index (χ1) is 15.9. The van der Waals surface area contributed by atoms with E-state index in [9.17, 15) is 18.4 Å². The predicted octanol–water partition coefficient (Wildman–Crippen LogP) is 3.71. The molecule has 170 valence electrons. The van der Waals surface area contributed by atoms with Gasteiger partial charge in [-0.2, -0.15) is 4.98 Å². The van der Waals surface area contributed by atoms with Crippen LogP contribution >= 0.6 is 0 Å². The van der Waals surface area contributed by atoms with Crippen molar-refractivity contribution in [2.45, 2.75) is 13.3 Å². The van der Waals surface area contributed by atoms with Gasteiger partial charge in [0.15, 0.2) is 5.58 Å². The van der Waals surface area contributed by atoms with E-state index >= 15 is 0 Å². The molecule has 0 aliphatic heterocycles. The first kappa shape index (κ1) is 21.7. The molecule has 2 aromatic heterocycles. The van der Waals surface area contributed by atoms with Crippen LogP contribution < -0.4 is 26.0 Å². The fraction of sp³-hybridized carbons (Fsp3) is 0.143. The second-order valence-corrected chi connectivity index (χ2v) is 6.82.